The zero-order valence-corrected chi connectivity index (χ0v) is 15.3. The third-order valence-corrected chi connectivity index (χ3v) is 5.31. The number of nitrogens with zero attached hydrogens (tertiary/aromatic N) is 1. The lowest BCUT2D eigenvalue weighted by Gasteiger charge is -2.51. The van der Waals surface area contributed by atoms with E-state index in [1.54, 1.807) is 0 Å². The van der Waals surface area contributed by atoms with E-state index in [1.807, 2.05) is 0 Å². The highest BCUT2D eigenvalue weighted by Crippen LogP contribution is 2.38. The first-order valence-corrected chi connectivity index (χ1v) is 9.69. The molecule has 1 aliphatic carbocycles. The van der Waals surface area contributed by atoms with Gasteiger partial charge in [-0.05, 0) is 26.7 Å². The molecule has 1 aromatic carbocycles. The van der Waals surface area contributed by atoms with Gasteiger partial charge in [-0.2, -0.15) is 0 Å². The largest absolute Gasteiger partial charge is 0.736 e. The summed E-state index contributed by atoms with van der Waals surface area (Å²) in [7, 11) is -1.96. The van der Waals surface area contributed by atoms with Crippen molar-refractivity contribution in [1.29, 1.82) is 0 Å². The summed E-state index contributed by atoms with van der Waals surface area (Å²) in [6, 6.07) is 11.0. The number of hydrogen-bond donors (Lipinski definition) is 1. The molecule has 1 unspecified atom stereocenters. The molecule has 1 saturated carbocycles. The highest BCUT2D eigenvalue weighted by Gasteiger charge is 2.43. The summed E-state index contributed by atoms with van der Waals surface area (Å²) in [6.07, 6.45) is 7.05. The molecular weight excluding hydrogens is 312 g/mol. The predicted molar refractivity (Wildman–Crippen MR) is 92.2 cm³/mol. The van der Waals surface area contributed by atoms with E-state index >= 15 is 0 Å². The Morgan fingerprint density at radius 1 is 1.17 bits per heavy atom. The lowest BCUT2D eigenvalue weighted by atomic mass is 9.80. The normalized spacial score (nSPS) is 20.0. The monoisotopic (exact) mass is 342 g/mol. The summed E-state index contributed by atoms with van der Waals surface area (Å²) in [5, 5.41) is 3.77. The molecular formula is C17H30N2O3S. The van der Waals surface area contributed by atoms with E-state index in [9.17, 15) is 0 Å². The maximum atomic E-state index is 8.85. The van der Waals surface area contributed by atoms with Crippen molar-refractivity contribution in [1.82, 2.24) is 0 Å². The molecule has 0 spiro atoms. The highest BCUT2D eigenvalue weighted by atomic mass is 32.2. The molecule has 1 aromatic rings. The summed E-state index contributed by atoms with van der Waals surface area (Å²) in [6.45, 7) is 7.26. The van der Waals surface area contributed by atoms with Crippen molar-refractivity contribution < 1.29 is 17.5 Å². The molecule has 0 radical (unpaired) electrons. The van der Waals surface area contributed by atoms with Crippen LogP contribution in [0.3, 0.4) is 0 Å². The number of benzene rings is 1. The number of nitrogens with two attached hydrogens (primary N) is 1. The van der Waals surface area contributed by atoms with Gasteiger partial charge in [0.15, 0.2) is 10.3 Å². The van der Waals surface area contributed by atoms with E-state index in [2.05, 4.69) is 56.4 Å². The fourth-order valence-electron chi connectivity index (χ4n) is 3.52. The second kappa shape index (κ2) is 8.24. The Balaban J connectivity index is 0.000000463. The minimum absolute atomic E-state index is 0.475. The second-order valence-electron chi connectivity index (χ2n) is 6.91. The molecule has 0 aliphatic heterocycles. The quantitative estimate of drug-likeness (QED) is 0.674. The molecule has 0 aromatic heterocycles. The first-order valence-electron chi connectivity index (χ1n) is 8.22. The zero-order valence-electron chi connectivity index (χ0n) is 14.5. The summed E-state index contributed by atoms with van der Waals surface area (Å²) in [4.78, 5) is 0. The Morgan fingerprint density at radius 3 is 2.09 bits per heavy atom. The second-order valence-corrected chi connectivity index (χ2v) is 7.89. The third kappa shape index (κ3) is 6.59. The fourth-order valence-corrected chi connectivity index (χ4v) is 3.52. The molecule has 1 aliphatic rings. The van der Waals surface area contributed by atoms with Crippen LogP contribution in [0.25, 0.3) is 0 Å². The fraction of sp³-hybridized carbons (Fsp3) is 0.647. The van der Waals surface area contributed by atoms with Gasteiger partial charge in [-0.15, -0.1) is 0 Å². The van der Waals surface area contributed by atoms with Gasteiger partial charge in [-0.3, -0.25) is 0 Å². The summed E-state index contributed by atoms with van der Waals surface area (Å²) in [5.74, 6) is 0. The van der Waals surface area contributed by atoms with Crippen LogP contribution in [-0.4, -0.2) is 36.6 Å². The van der Waals surface area contributed by atoms with Crippen LogP contribution in [0.5, 0.6) is 0 Å². The van der Waals surface area contributed by atoms with E-state index in [1.165, 1.54) is 55.2 Å². The predicted octanol–water partition coefficient (Wildman–Crippen LogP) is 2.78. The molecule has 1 fully saturated rings. The van der Waals surface area contributed by atoms with Crippen molar-refractivity contribution in [3.63, 3.8) is 0 Å². The van der Waals surface area contributed by atoms with Gasteiger partial charge in [0, 0.05) is 18.4 Å². The van der Waals surface area contributed by atoms with Crippen LogP contribution < -0.4 is 5.14 Å². The molecule has 0 bridgehead atoms. The highest BCUT2D eigenvalue weighted by molar-refractivity contribution is 7.83. The van der Waals surface area contributed by atoms with Gasteiger partial charge in [-0.1, -0.05) is 36.8 Å². The molecule has 0 heterocycles. The summed E-state index contributed by atoms with van der Waals surface area (Å²) in [5.41, 5.74) is 1.96. The first kappa shape index (κ1) is 20.1. The summed E-state index contributed by atoms with van der Waals surface area (Å²) >= 11 is 0. The first-order chi connectivity index (χ1) is 10.6. The molecule has 5 nitrogen and oxygen atoms in total. The van der Waals surface area contributed by atoms with E-state index in [0.29, 0.717) is 5.54 Å². The molecule has 2 N–H and O–H groups in total. The van der Waals surface area contributed by atoms with Gasteiger partial charge in [0.25, 0.3) is 0 Å². The van der Waals surface area contributed by atoms with Crippen molar-refractivity contribution >= 4 is 10.3 Å². The van der Waals surface area contributed by atoms with Crippen LogP contribution in [0.2, 0.25) is 0 Å². The minimum atomic E-state index is -4.42. The third-order valence-electron chi connectivity index (χ3n) is 5.31. The Labute approximate surface area is 141 Å². The Bertz CT molecular complexity index is 561. The maximum absolute atomic E-state index is 8.85. The van der Waals surface area contributed by atoms with E-state index in [-0.39, 0.29) is 0 Å². The number of quaternary nitrogens is 1. The van der Waals surface area contributed by atoms with Crippen LogP contribution >= 0.6 is 0 Å². The van der Waals surface area contributed by atoms with E-state index in [4.69, 9.17) is 13.0 Å². The van der Waals surface area contributed by atoms with Gasteiger partial charge in [-0.25, -0.2) is 13.6 Å². The van der Waals surface area contributed by atoms with Gasteiger partial charge < -0.3 is 9.04 Å². The minimum Gasteiger partial charge on any atom is -0.736 e. The van der Waals surface area contributed by atoms with Crippen LogP contribution in [-0.2, 0) is 16.8 Å². The zero-order chi connectivity index (χ0) is 17.6. The van der Waals surface area contributed by atoms with Crippen molar-refractivity contribution in [2.75, 3.05) is 13.6 Å². The molecule has 23 heavy (non-hydrogen) atoms. The van der Waals surface area contributed by atoms with Crippen LogP contribution in [0.4, 0.5) is 0 Å². The molecule has 0 amide bonds. The molecule has 6 heteroatoms. The average molecular weight is 343 g/mol. The average Bonchev–Trinajstić information content (AvgIpc) is 2.47. The summed E-state index contributed by atoms with van der Waals surface area (Å²) < 4.78 is 27.8. The smallest absolute Gasteiger partial charge is 0.156 e. The van der Waals surface area contributed by atoms with Crippen molar-refractivity contribution in [3.8, 4) is 0 Å². The number of hydrogen-bond acceptors (Lipinski definition) is 3. The maximum Gasteiger partial charge on any atom is 0.156 e. The van der Waals surface area contributed by atoms with Crippen molar-refractivity contribution in [3.05, 3.63) is 35.9 Å². The Kier molecular flexibility index (Phi) is 7.20. The van der Waals surface area contributed by atoms with Crippen molar-refractivity contribution in [2.24, 2.45) is 5.14 Å². The van der Waals surface area contributed by atoms with Crippen LogP contribution in [0.15, 0.2) is 30.3 Å². The van der Waals surface area contributed by atoms with Crippen molar-refractivity contribution in [2.45, 2.75) is 58.0 Å². The van der Waals surface area contributed by atoms with Gasteiger partial charge in [0.1, 0.15) is 6.54 Å². The SMILES string of the molecule is CC[N+](C)(Cc1ccccc1)C1(C)CCCCC1.NS(=O)(=O)[O-]. The molecule has 0 saturated heterocycles. The van der Waals surface area contributed by atoms with Gasteiger partial charge >= 0.3 is 0 Å². The standard InChI is InChI=1S/C17H28N.H3NO3S/c1-4-18(3,15-16-11-7-5-8-12-16)17(2)13-9-6-10-14-17;1-5(2,3)4/h5,7-8,11-12H,4,6,9-10,13-15H2,1-3H3;(H3,1,2,3,4)/q+1;/p-1. The molecule has 1 atom stereocenters. The lowest BCUT2D eigenvalue weighted by molar-refractivity contribution is -0.969. The van der Waals surface area contributed by atoms with Crippen LogP contribution in [0, 0.1) is 0 Å². The number of rotatable bonds is 4. The van der Waals surface area contributed by atoms with E-state index < -0.39 is 10.3 Å². The van der Waals surface area contributed by atoms with Gasteiger partial charge in [0.2, 0.25) is 0 Å². The molecule has 132 valence electrons. The lowest BCUT2D eigenvalue weighted by Crippen LogP contribution is -2.60. The molecule has 2 rings (SSSR count). The van der Waals surface area contributed by atoms with Crippen LogP contribution in [0.1, 0.15) is 51.5 Å². The Morgan fingerprint density at radius 2 is 1.65 bits per heavy atom. The van der Waals surface area contributed by atoms with E-state index in [0.717, 1.165) is 0 Å². The van der Waals surface area contributed by atoms with Gasteiger partial charge in [0.05, 0.1) is 19.1 Å². The Hall–Kier alpha value is -0.950. The topological polar surface area (TPSA) is 83.2 Å².